The molecule has 0 bridgehead atoms. The first-order valence-electron chi connectivity index (χ1n) is 9.03. The lowest BCUT2D eigenvalue weighted by atomic mass is 10.0. The van der Waals surface area contributed by atoms with Gasteiger partial charge in [-0.1, -0.05) is 25.0 Å². The van der Waals surface area contributed by atoms with Gasteiger partial charge in [-0.05, 0) is 67.5 Å². The van der Waals surface area contributed by atoms with Crippen molar-refractivity contribution < 1.29 is 4.74 Å². The van der Waals surface area contributed by atoms with Crippen LogP contribution in [-0.2, 0) is 0 Å². The highest BCUT2D eigenvalue weighted by Gasteiger charge is 2.21. The van der Waals surface area contributed by atoms with Crippen LogP contribution in [0.1, 0.15) is 44.1 Å². The molecule has 1 fully saturated rings. The zero-order valence-corrected chi connectivity index (χ0v) is 14.8. The van der Waals surface area contributed by atoms with Crippen LogP contribution in [0.15, 0.2) is 47.0 Å². The molecule has 3 aliphatic rings. The minimum absolute atomic E-state index is 0.393. The van der Waals surface area contributed by atoms with E-state index in [1.165, 1.54) is 49.7 Å². The maximum atomic E-state index is 6.21. The Kier molecular flexibility index (Phi) is 4.93. The molecule has 1 saturated carbocycles. The lowest BCUT2D eigenvalue weighted by Crippen LogP contribution is -2.32. The fraction of sp³-hybridized carbons (Fsp3) is 0.450. The quantitative estimate of drug-likeness (QED) is 0.568. The predicted octanol–water partition coefficient (Wildman–Crippen LogP) is 5.06. The molecule has 0 radical (unpaired) electrons. The van der Waals surface area contributed by atoms with E-state index in [0.29, 0.717) is 6.10 Å². The van der Waals surface area contributed by atoms with E-state index in [1.807, 2.05) is 0 Å². The van der Waals surface area contributed by atoms with Crippen molar-refractivity contribution in [3.8, 4) is 5.75 Å². The van der Waals surface area contributed by atoms with Crippen LogP contribution in [0.25, 0.3) is 5.57 Å². The van der Waals surface area contributed by atoms with Gasteiger partial charge in [0.25, 0.3) is 0 Å². The van der Waals surface area contributed by atoms with Crippen LogP contribution >= 0.6 is 11.9 Å². The molecule has 0 atom stereocenters. The summed E-state index contributed by atoms with van der Waals surface area (Å²) in [6, 6.07) is 8.55. The lowest BCUT2D eigenvalue weighted by molar-refractivity contribution is 0.184. The Morgan fingerprint density at radius 1 is 1.04 bits per heavy atom. The van der Waals surface area contributed by atoms with E-state index in [2.05, 4.69) is 51.9 Å². The summed E-state index contributed by atoms with van der Waals surface area (Å²) in [6.07, 6.45) is 14.5. The smallest absolute Gasteiger partial charge is 0.148 e. The standard InChI is InChI=1S/C20H24N2OS/c1-2-4-7-17(6-3-1)23-18-11-9-16(10-12-18)19-8-5-13-22-14-15-24-21-20(19)22/h5,8-13,17H,1-4,6-7,14-15H2. The Bertz CT molecular complexity index is 655. The summed E-state index contributed by atoms with van der Waals surface area (Å²) in [5, 5.41) is 0. The number of amidine groups is 1. The minimum atomic E-state index is 0.393. The van der Waals surface area contributed by atoms with E-state index in [9.17, 15) is 0 Å². The molecule has 1 aliphatic carbocycles. The highest BCUT2D eigenvalue weighted by Crippen LogP contribution is 2.29. The summed E-state index contributed by atoms with van der Waals surface area (Å²) in [7, 11) is 0. The number of ether oxygens (including phenoxy) is 1. The Morgan fingerprint density at radius 3 is 2.62 bits per heavy atom. The Labute approximate surface area is 148 Å². The highest BCUT2D eigenvalue weighted by atomic mass is 32.2. The van der Waals surface area contributed by atoms with E-state index in [1.54, 1.807) is 11.9 Å². The van der Waals surface area contributed by atoms with E-state index in [0.717, 1.165) is 23.9 Å². The number of allylic oxidation sites excluding steroid dienone is 2. The Balaban J connectivity index is 1.48. The van der Waals surface area contributed by atoms with Gasteiger partial charge in [-0.15, -0.1) is 0 Å². The summed E-state index contributed by atoms with van der Waals surface area (Å²) in [4.78, 5) is 2.24. The molecule has 0 spiro atoms. The van der Waals surface area contributed by atoms with E-state index >= 15 is 0 Å². The average Bonchev–Trinajstić information content (AvgIpc) is 2.91. The topological polar surface area (TPSA) is 24.8 Å². The average molecular weight is 340 g/mol. The van der Waals surface area contributed by atoms with Gasteiger partial charge in [0.1, 0.15) is 11.6 Å². The van der Waals surface area contributed by atoms with Crippen LogP contribution in [-0.4, -0.2) is 29.1 Å². The van der Waals surface area contributed by atoms with E-state index < -0.39 is 0 Å². The third kappa shape index (κ3) is 3.54. The zero-order valence-electron chi connectivity index (χ0n) is 14.0. The first-order valence-corrected chi connectivity index (χ1v) is 9.97. The van der Waals surface area contributed by atoms with E-state index in [4.69, 9.17) is 4.74 Å². The molecule has 0 saturated heterocycles. The normalized spacial score (nSPS) is 21.6. The zero-order chi connectivity index (χ0) is 16.2. The third-order valence-corrected chi connectivity index (χ3v) is 5.55. The molecule has 0 amide bonds. The largest absolute Gasteiger partial charge is 0.490 e. The number of hydrogen-bond donors (Lipinski definition) is 0. The van der Waals surface area contributed by atoms with Crippen molar-refractivity contribution in [1.29, 1.82) is 0 Å². The minimum Gasteiger partial charge on any atom is -0.490 e. The molecule has 2 aliphatic heterocycles. The molecule has 4 heteroatoms. The molecule has 1 aromatic rings. The molecule has 4 rings (SSSR count). The Morgan fingerprint density at radius 2 is 1.83 bits per heavy atom. The van der Waals surface area contributed by atoms with Crippen molar-refractivity contribution in [3.05, 3.63) is 48.2 Å². The van der Waals surface area contributed by atoms with Crippen LogP contribution in [0.2, 0.25) is 0 Å². The van der Waals surface area contributed by atoms with Gasteiger partial charge in [-0.25, -0.2) is 0 Å². The van der Waals surface area contributed by atoms with Crippen LogP contribution in [0.3, 0.4) is 0 Å². The monoisotopic (exact) mass is 340 g/mol. The van der Waals surface area contributed by atoms with Gasteiger partial charge in [0.2, 0.25) is 0 Å². The van der Waals surface area contributed by atoms with Crippen molar-refractivity contribution in [1.82, 2.24) is 4.90 Å². The number of fused-ring (bicyclic) bond motifs is 1. The second-order valence-electron chi connectivity index (χ2n) is 6.62. The summed E-state index contributed by atoms with van der Waals surface area (Å²) >= 11 is 1.65. The third-order valence-electron chi connectivity index (χ3n) is 4.89. The summed E-state index contributed by atoms with van der Waals surface area (Å²) in [6.45, 7) is 1.03. The molecular formula is C20H24N2OS. The first kappa shape index (κ1) is 15.8. The van der Waals surface area contributed by atoms with Crippen molar-refractivity contribution in [2.75, 3.05) is 12.3 Å². The van der Waals surface area contributed by atoms with Crippen LogP contribution in [0.4, 0.5) is 0 Å². The fourth-order valence-corrected chi connectivity index (χ4v) is 4.26. The SMILES string of the molecule is C1=CN2CCSN=C2C(c2ccc(OC3CCCCCC3)cc2)=C1. The van der Waals surface area contributed by atoms with Gasteiger partial charge in [-0.3, -0.25) is 0 Å². The Hall–Kier alpha value is -1.68. The van der Waals surface area contributed by atoms with Gasteiger partial charge < -0.3 is 9.64 Å². The first-order chi connectivity index (χ1) is 11.9. The number of hydrogen-bond acceptors (Lipinski definition) is 4. The predicted molar refractivity (Wildman–Crippen MR) is 102 cm³/mol. The van der Waals surface area contributed by atoms with Crippen LogP contribution in [0, 0.1) is 0 Å². The lowest BCUT2D eigenvalue weighted by Gasteiger charge is -2.29. The summed E-state index contributed by atoms with van der Waals surface area (Å²) < 4.78 is 10.9. The van der Waals surface area contributed by atoms with E-state index in [-0.39, 0.29) is 0 Å². The summed E-state index contributed by atoms with van der Waals surface area (Å²) in [5.41, 5.74) is 2.41. The maximum absolute atomic E-state index is 6.21. The summed E-state index contributed by atoms with van der Waals surface area (Å²) in [5.74, 6) is 3.12. The molecule has 126 valence electrons. The van der Waals surface area contributed by atoms with Crippen molar-refractivity contribution in [2.24, 2.45) is 4.40 Å². The van der Waals surface area contributed by atoms with Gasteiger partial charge in [0.15, 0.2) is 0 Å². The fourth-order valence-electron chi connectivity index (χ4n) is 3.56. The molecule has 0 unspecified atom stereocenters. The van der Waals surface area contributed by atoms with Gasteiger partial charge in [0.05, 0.1) is 6.10 Å². The van der Waals surface area contributed by atoms with Crippen LogP contribution < -0.4 is 4.74 Å². The molecule has 1 aromatic carbocycles. The van der Waals surface area contributed by atoms with Crippen molar-refractivity contribution in [3.63, 3.8) is 0 Å². The van der Waals surface area contributed by atoms with Crippen molar-refractivity contribution in [2.45, 2.75) is 44.6 Å². The van der Waals surface area contributed by atoms with Crippen molar-refractivity contribution >= 4 is 23.4 Å². The van der Waals surface area contributed by atoms with Gasteiger partial charge >= 0.3 is 0 Å². The molecule has 0 aromatic heterocycles. The molecule has 24 heavy (non-hydrogen) atoms. The highest BCUT2D eigenvalue weighted by molar-refractivity contribution is 7.98. The number of nitrogens with zero attached hydrogens (tertiary/aromatic N) is 2. The maximum Gasteiger partial charge on any atom is 0.148 e. The number of rotatable bonds is 3. The number of benzene rings is 1. The molecule has 3 nitrogen and oxygen atoms in total. The molecular weight excluding hydrogens is 316 g/mol. The molecule has 0 N–H and O–H groups in total. The van der Waals surface area contributed by atoms with Crippen LogP contribution in [0.5, 0.6) is 5.75 Å². The molecule has 2 heterocycles. The van der Waals surface area contributed by atoms with Gasteiger partial charge in [0, 0.05) is 24.1 Å². The second kappa shape index (κ2) is 7.47. The second-order valence-corrected chi connectivity index (χ2v) is 7.47. The van der Waals surface area contributed by atoms with Gasteiger partial charge in [-0.2, -0.15) is 4.40 Å².